The van der Waals surface area contributed by atoms with Gasteiger partial charge in [-0.05, 0) is 118 Å². The van der Waals surface area contributed by atoms with E-state index in [1.165, 1.54) is 12.8 Å². The molecule has 2 amide bonds. The topological polar surface area (TPSA) is 97.3 Å². The maximum atomic E-state index is 13.5. The van der Waals surface area contributed by atoms with Gasteiger partial charge >= 0.3 is 12.0 Å². The summed E-state index contributed by atoms with van der Waals surface area (Å²) in [6, 6.07) is 19.1. The number of ether oxygens (including phenoxy) is 1. The van der Waals surface area contributed by atoms with Gasteiger partial charge in [0.05, 0.1) is 23.1 Å². The summed E-state index contributed by atoms with van der Waals surface area (Å²) < 4.78 is 6.57. The third-order valence-corrected chi connectivity index (χ3v) is 11.8. The molecule has 10 nitrogen and oxygen atoms in total. The maximum Gasteiger partial charge on any atom is 0.319 e. The van der Waals surface area contributed by atoms with Gasteiger partial charge in [-0.2, -0.15) is 9.97 Å². The number of phenolic OH excluding ortho intramolecular Hbond substituents is 1. The van der Waals surface area contributed by atoms with Crippen LogP contribution in [-0.4, -0.2) is 112 Å². The Balaban J connectivity index is 1.06. The number of phenols is 1. The number of anilines is 1. The molecule has 5 fully saturated rings. The van der Waals surface area contributed by atoms with E-state index >= 15 is 0 Å². The third kappa shape index (κ3) is 5.20. The summed E-state index contributed by atoms with van der Waals surface area (Å²) in [7, 11) is 2.12. The molecular formula is C38H45N7O3. The molecular weight excluding hydrogens is 602 g/mol. The molecule has 2 N–H and O–H groups in total. The minimum absolute atomic E-state index is 0.0823. The first kappa shape index (κ1) is 29.9. The van der Waals surface area contributed by atoms with Crippen LogP contribution >= 0.6 is 0 Å². The van der Waals surface area contributed by atoms with Gasteiger partial charge in [0.25, 0.3) is 0 Å². The zero-order chi connectivity index (χ0) is 32.4. The smallest absolute Gasteiger partial charge is 0.319 e. The molecule has 1 aromatic heterocycles. The highest BCUT2D eigenvalue weighted by Crippen LogP contribution is 2.41. The molecule has 48 heavy (non-hydrogen) atoms. The van der Waals surface area contributed by atoms with Crippen LogP contribution in [0.5, 0.6) is 11.8 Å². The van der Waals surface area contributed by atoms with Gasteiger partial charge in [-0.15, -0.1) is 0 Å². The number of carbonyl (C=O) groups excluding carboxylic acids is 1. The number of nitrogens with one attached hydrogen (secondary N) is 1. The first-order valence-electron chi connectivity index (χ1n) is 17.9. The number of aromatic hydroxyl groups is 1. The van der Waals surface area contributed by atoms with Crippen LogP contribution in [0.4, 0.5) is 10.6 Å². The number of amides is 2. The second kappa shape index (κ2) is 11.8. The van der Waals surface area contributed by atoms with Gasteiger partial charge in [-0.1, -0.05) is 30.3 Å². The number of rotatable bonds is 6. The van der Waals surface area contributed by atoms with Crippen LogP contribution in [0.25, 0.3) is 32.8 Å². The number of hydrogen-bond donors (Lipinski definition) is 2. The van der Waals surface area contributed by atoms with Gasteiger partial charge in [-0.25, -0.2) is 4.79 Å². The molecule has 0 saturated carbocycles. The van der Waals surface area contributed by atoms with Gasteiger partial charge in [-0.3, -0.25) is 4.90 Å². The van der Waals surface area contributed by atoms with Crippen molar-refractivity contribution in [1.82, 2.24) is 30.0 Å². The second-order valence-corrected chi connectivity index (χ2v) is 14.9. The van der Waals surface area contributed by atoms with Gasteiger partial charge in [0.15, 0.2) is 0 Å². The highest BCUT2D eigenvalue weighted by atomic mass is 16.5. The van der Waals surface area contributed by atoms with Crippen LogP contribution in [0.3, 0.4) is 0 Å². The molecule has 5 saturated heterocycles. The van der Waals surface area contributed by atoms with Crippen molar-refractivity contribution in [2.45, 2.75) is 68.6 Å². The van der Waals surface area contributed by atoms with E-state index < -0.39 is 0 Å². The van der Waals surface area contributed by atoms with Gasteiger partial charge in [0.2, 0.25) is 0 Å². The van der Waals surface area contributed by atoms with E-state index in [-0.39, 0.29) is 35.4 Å². The fourth-order valence-electron chi connectivity index (χ4n) is 9.47. The van der Waals surface area contributed by atoms with Crippen molar-refractivity contribution in [3.8, 4) is 22.9 Å². The summed E-state index contributed by atoms with van der Waals surface area (Å²) in [5, 5.41) is 17.0. The molecule has 0 aliphatic carbocycles. The lowest BCUT2D eigenvalue weighted by Crippen LogP contribution is -2.59. The predicted molar refractivity (Wildman–Crippen MR) is 188 cm³/mol. The summed E-state index contributed by atoms with van der Waals surface area (Å²) in [4.78, 5) is 33.1. The van der Waals surface area contributed by atoms with Crippen molar-refractivity contribution in [1.29, 1.82) is 0 Å². The summed E-state index contributed by atoms with van der Waals surface area (Å²) in [6.45, 7) is 6.30. The number of likely N-dealkylation sites (tertiary alicyclic amines) is 1. The Hall–Kier alpha value is -4.15. The van der Waals surface area contributed by atoms with Crippen LogP contribution in [-0.2, 0) is 0 Å². The van der Waals surface area contributed by atoms with Crippen molar-refractivity contribution < 1.29 is 14.6 Å². The summed E-state index contributed by atoms with van der Waals surface area (Å²) >= 11 is 0. The van der Waals surface area contributed by atoms with E-state index in [4.69, 9.17) is 14.7 Å². The Morgan fingerprint density at radius 3 is 2.50 bits per heavy atom. The van der Waals surface area contributed by atoms with Crippen LogP contribution in [0.1, 0.15) is 44.9 Å². The van der Waals surface area contributed by atoms with E-state index in [9.17, 15) is 9.90 Å². The zero-order valence-electron chi connectivity index (χ0n) is 27.8. The number of benzene rings is 3. The van der Waals surface area contributed by atoms with E-state index in [1.807, 2.05) is 24.3 Å². The molecule has 9 rings (SSSR count). The average Bonchev–Trinajstić information content (AvgIpc) is 3.85. The lowest BCUT2D eigenvalue weighted by atomic mass is 9.95. The summed E-state index contributed by atoms with van der Waals surface area (Å²) in [5.74, 6) is 1.12. The van der Waals surface area contributed by atoms with Crippen molar-refractivity contribution in [2.24, 2.45) is 0 Å². The molecule has 4 aromatic rings. The van der Waals surface area contributed by atoms with E-state index in [0.29, 0.717) is 12.6 Å². The molecule has 0 spiro atoms. The highest BCUT2D eigenvalue weighted by molar-refractivity contribution is 6.01. The number of urea groups is 1. The minimum atomic E-state index is 0.0823. The fourth-order valence-corrected chi connectivity index (χ4v) is 9.47. The van der Waals surface area contributed by atoms with E-state index in [0.717, 1.165) is 110 Å². The second-order valence-electron chi connectivity index (χ2n) is 14.9. The Bertz CT molecular complexity index is 1860. The summed E-state index contributed by atoms with van der Waals surface area (Å²) in [6.07, 6.45) is 7.75. The number of likely N-dealkylation sites (N-methyl/N-ethyl adjacent to an activating group) is 1. The Labute approximate surface area is 281 Å². The summed E-state index contributed by atoms with van der Waals surface area (Å²) in [5.41, 5.74) is 2.87. The van der Waals surface area contributed by atoms with Crippen LogP contribution in [0.15, 0.2) is 54.6 Å². The van der Waals surface area contributed by atoms with Crippen molar-refractivity contribution in [2.75, 3.05) is 57.8 Å². The van der Waals surface area contributed by atoms with Crippen molar-refractivity contribution in [3.05, 3.63) is 54.6 Å². The monoisotopic (exact) mass is 647 g/mol. The molecule has 6 heterocycles. The van der Waals surface area contributed by atoms with Gasteiger partial charge in [0, 0.05) is 31.1 Å². The highest BCUT2D eigenvalue weighted by Gasteiger charge is 2.46. The molecule has 2 bridgehead atoms. The largest absolute Gasteiger partial charge is 0.508 e. The number of nitrogens with zero attached hydrogens (tertiary/aromatic N) is 6. The third-order valence-electron chi connectivity index (χ3n) is 11.8. The molecule has 5 aliphatic heterocycles. The first-order valence-corrected chi connectivity index (χ1v) is 17.9. The Kier molecular flexibility index (Phi) is 7.34. The van der Waals surface area contributed by atoms with E-state index in [1.54, 1.807) is 6.07 Å². The van der Waals surface area contributed by atoms with Gasteiger partial charge < -0.3 is 29.9 Å². The molecule has 5 aliphatic rings. The van der Waals surface area contributed by atoms with Crippen LogP contribution in [0, 0.1) is 0 Å². The van der Waals surface area contributed by atoms with Crippen LogP contribution in [0.2, 0.25) is 0 Å². The molecule has 3 atom stereocenters. The fraction of sp³-hybridized carbons (Fsp3) is 0.500. The molecule has 250 valence electrons. The standard InChI is InChI=1S/C38H45N7O3/c1-42-17-12-27(21-42)39-37(47)45-28-9-10-29(45)23-43(22-28)35-32-11-8-26(33-20-30(46)18-25-6-2-3-7-31(25)33)19-34(32)40-36(41-35)48-24-38-13-4-15-44(38)16-5-14-38/h2-3,6-8,11,18-20,27-29,46H,4-5,9-10,12-17,21-24H2,1H3,(H,39,47)/t27-,28?,29?/m0/s1. The van der Waals surface area contributed by atoms with Crippen molar-refractivity contribution >= 4 is 33.5 Å². The minimum Gasteiger partial charge on any atom is -0.508 e. The average molecular weight is 648 g/mol. The van der Waals surface area contributed by atoms with E-state index in [2.05, 4.69) is 56.2 Å². The first-order chi connectivity index (χ1) is 23.4. The zero-order valence-corrected chi connectivity index (χ0v) is 27.8. The molecule has 0 radical (unpaired) electrons. The number of carbonyl (C=O) groups is 1. The number of fused-ring (bicyclic) bond motifs is 5. The van der Waals surface area contributed by atoms with Crippen molar-refractivity contribution in [3.63, 3.8) is 0 Å². The lowest BCUT2D eigenvalue weighted by molar-refractivity contribution is 0.108. The SMILES string of the molecule is CN1CC[C@H](NC(=O)N2C3CCC2CN(c2nc(OCC45CCCN4CCC5)nc4cc(-c5cc(O)cc6ccccc56)ccc24)C3)C1. The maximum absolute atomic E-state index is 13.5. The quantitative estimate of drug-likeness (QED) is 0.294. The predicted octanol–water partition coefficient (Wildman–Crippen LogP) is 5.23. The Morgan fingerprint density at radius 1 is 0.938 bits per heavy atom. The molecule has 3 aromatic carbocycles. The van der Waals surface area contributed by atoms with Gasteiger partial charge in [0.1, 0.15) is 18.2 Å². The molecule has 10 heteroatoms. The number of hydrogen-bond acceptors (Lipinski definition) is 8. The lowest BCUT2D eigenvalue weighted by Gasteiger charge is -2.42. The number of aromatic nitrogens is 2. The van der Waals surface area contributed by atoms with Crippen LogP contribution < -0.4 is 15.0 Å². The normalized spacial score (nSPS) is 25.3. The Morgan fingerprint density at radius 2 is 1.73 bits per heavy atom. The number of piperazine rings is 1. The molecule has 2 unspecified atom stereocenters.